The van der Waals surface area contributed by atoms with Crippen molar-refractivity contribution >= 4 is 29.3 Å². The minimum absolute atomic E-state index is 0.140. The zero-order valence-electron chi connectivity index (χ0n) is 12.6. The van der Waals surface area contributed by atoms with Crippen LogP contribution in [0, 0.1) is 11.3 Å². The highest BCUT2D eigenvalue weighted by molar-refractivity contribution is 6.30. The van der Waals surface area contributed by atoms with Crippen LogP contribution in [-0.2, 0) is 23.9 Å². The van der Waals surface area contributed by atoms with Gasteiger partial charge in [0.2, 0.25) is 0 Å². The van der Waals surface area contributed by atoms with Crippen LogP contribution in [0.2, 0.25) is 5.02 Å². The molecule has 5 nitrogen and oxygen atoms in total. The molecule has 1 heterocycles. The second-order valence-electron chi connectivity index (χ2n) is 5.75. The molecule has 0 aromatic heterocycles. The van der Waals surface area contributed by atoms with Gasteiger partial charge in [0.1, 0.15) is 11.5 Å². The summed E-state index contributed by atoms with van der Waals surface area (Å²) in [6.07, 6.45) is -0.955. The van der Waals surface area contributed by atoms with Crippen molar-refractivity contribution in [1.29, 1.82) is 0 Å². The maximum atomic E-state index is 12.6. The van der Waals surface area contributed by atoms with Crippen molar-refractivity contribution in [3.63, 3.8) is 0 Å². The summed E-state index contributed by atoms with van der Waals surface area (Å²) in [5.74, 6) is -2.22. The van der Waals surface area contributed by atoms with Crippen molar-refractivity contribution < 1.29 is 23.9 Å². The molecule has 0 unspecified atom stereocenters. The van der Waals surface area contributed by atoms with E-state index in [0.717, 1.165) is 0 Å². The van der Waals surface area contributed by atoms with E-state index in [1.54, 1.807) is 24.3 Å². The van der Waals surface area contributed by atoms with Crippen LogP contribution in [0.3, 0.4) is 0 Å². The summed E-state index contributed by atoms with van der Waals surface area (Å²) < 4.78 is 10.1. The van der Waals surface area contributed by atoms with E-state index in [4.69, 9.17) is 16.3 Å². The van der Waals surface area contributed by atoms with Crippen LogP contribution in [0.25, 0.3) is 0 Å². The van der Waals surface area contributed by atoms with Crippen LogP contribution in [-0.4, -0.2) is 24.8 Å². The molecule has 0 bridgehead atoms. The average molecular weight is 325 g/mol. The number of carbonyl (C=O) groups excluding carboxylic acids is 3. The zero-order valence-corrected chi connectivity index (χ0v) is 13.3. The van der Waals surface area contributed by atoms with E-state index in [1.807, 2.05) is 0 Å². The Kier molecular flexibility index (Phi) is 4.56. The van der Waals surface area contributed by atoms with Gasteiger partial charge in [0.05, 0.1) is 19.4 Å². The lowest BCUT2D eigenvalue weighted by atomic mass is 9.74. The predicted octanol–water partition coefficient (Wildman–Crippen LogP) is 2.71. The third kappa shape index (κ3) is 2.99. The Morgan fingerprint density at radius 1 is 1.27 bits per heavy atom. The summed E-state index contributed by atoms with van der Waals surface area (Å²) in [6, 6.07) is 6.64. The molecule has 0 aliphatic carbocycles. The van der Waals surface area contributed by atoms with Crippen molar-refractivity contribution in [3.8, 4) is 0 Å². The Bertz CT molecular complexity index is 605. The first-order valence-electron chi connectivity index (χ1n) is 6.85. The molecule has 1 saturated heterocycles. The van der Waals surface area contributed by atoms with E-state index in [-0.39, 0.29) is 12.2 Å². The number of ether oxygens (including phenoxy) is 2. The molecule has 0 N–H and O–H groups in total. The van der Waals surface area contributed by atoms with Crippen molar-refractivity contribution in [2.45, 2.75) is 26.4 Å². The molecule has 1 aromatic rings. The first-order chi connectivity index (χ1) is 10.3. The predicted molar refractivity (Wildman–Crippen MR) is 79.2 cm³/mol. The standard InChI is InChI=1S/C16H17ClO5/c1-16(2)14(19)11(8-12(18)21-3)13(22-15(16)20)9-4-6-10(17)7-5-9/h4-7,11,13H,8H2,1-3H3/t11-,13+/m0/s1. The number of methoxy groups -OCH3 is 1. The number of rotatable bonds is 3. The number of carbonyl (C=O) groups is 3. The Hall–Kier alpha value is -1.88. The summed E-state index contributed by atoms with van der Waals surface area (Å²) in [5, 5.41) is 0.530. The van der Waals surface area contributed by atoms with Gasteiger partial charge < -0.3 is 9.47 Å². The SMILES string of the molecule is COC(=O)C[C@@H]1C(=O)C(C)(C)C(=O)O[C@@H]1c1ccc(Cl)cc1. The minimum atomic E-state index is -1.28. The van der Waals surface area contributed by atoms with E-state index in [0.29, 0.717) is 10.6 Å². The van der Waals surface area contributed by atoms with Gasteiger partial charge in [-0.05, 0) is 31.5 Å². The monoisotopic (exact) mass is 324 g/mol. The maximum absolute atomic E-state index is 12.6. The van der Waals surface area contributed by atoms with Gasteiger partial charge in [0.25, 0.3) is 0 Å². The lowest BCUT2D eigenvalue weighted by molar-refractivity contribution is -0.181. The highest BCUT2D eigenvalue weighted by Crippen LogP contribution is 2.41. The van der Waals surface area contributed by atoms with Crippen molar-refractivity contribution in [2.75, 3.05) is 7.11 Å². The molecule has 0 radical (unpaired) electrons. The summed E-state index contributed by atoms with van der Waals surface area (Å²) in [6.45, 7) is 3.00. The largest absolute Gasteiger partial charge is 0.469 e. The van der Waals surface area contributed by atoms with Gasteiger partial charge in [-0.15, -0.1) is 0 Å². The number of esters is 2. The molecular formula is C16H17ClO5. The lowest BCUT2D eigenvalue weighted by Gasteiger charge is -2.37. The van der Waals surface area contributed by atoms with Crippen LogP contribution in [0.15, 0.2) is 24.3 Å². The van der Waals surface area contributed by atoms with Gasteiger partial charge in [0, 0.05) is 5.02 Å². The molecule has 0 amide bonds. The third-order valence-electron chi connectivity index (χ3n) is 3.88. The van der Waals surface area contributed by atoms with E-state index in [2.05, 4.69) is 4.74 Å². The third-order valence-corrected chi connectivity index (χ3v) is 4.13. The maximum Gasteiger partial charge on any atom is 0.319 e. The number of Topliss-reactive ketones (excluding diaryl/α,β-unsaturated/α-hetero) is 1. The number of cyclic esters (lactones) is 1. The summed E-state index contributed by atoms with van der Waals surface area (Å²) >= 11 is 5.85. The Balaban J connectivity index is 2.39. The Morgan fingerprint density at radius 3 is 2.41 bits per heavy atom. The van der Waals surface area contributed by atoms with Gasteiger partial charge in [-0.3, -0.25) is 14.4 Å². The molecule has 1 aliphatic rings. The molecule has 1 aliphatic heterocycles. The van der Waals surface area contributed by atoms with Gasteiger partial charge in [-0.1, -0.05) is 23.7 Å². The molecule has 1 aromatic carbocycles. The number of halogens is 1. The smallest absolute Gasteiger partial charge is 0.319 e. The van der Waals surface area contributed by atoms with E-state index >= 15 is 0 Å². The molecule has 2 atom stereocenters. The fourth-order valence-corrected chi connectivity index (χ4v) is 2.59. The summed E-state index contributed by atoms with van der Waals surface area (Å²) in [4.78, 5) is 36.3. The quantitative estimate of drug-likeness (QED) is 0.631. The van der Waals surface area contributed by atoms with Crippen LogP contribution in [0.5, 0.6) is 0 Å². The highest BCUT2D eigenvalue weighted by atomic mass is 35.5. The summed E-state index contributed by atoms with van der Waals surface area (Å²) in [5.41, 5.74) is -0.655. The van der Waals surface area contributed by atoms with Crippen molar-refractivity contribution in [1.82, 2.24) is 0 Å². The molecular weight excluding hydrogens is 308 g/mol. The molecule has 22 heavy (non-hydrogen) atoms. The molecule has 118 valence electrons. The topological polar surface area (TPSA) is 69.7 Å². The molecule has 0 spiro atoms. The van der Waals surface area contributed by atoms with Gasteiger partial charge in [-0.2, -0.15) is 0 Å². The Morgan fingerprint density at radius 2 is 1.86 bits per heavy atom. The van der Waals surface area contributed by atoms with E-state index < -0.39 is 29.4 Å². The van der Waals surface area contributed by atoms with Crippen LogP contribution in [0.1, 0.15) is 31.9 Å². The first-order valence-corrected chi connectivity index (χ1v) is 7.23. The minimum Gasteiger partial charge on any atom is -0.469 e. The normalized spacial score (nSPS) is 23.8. The van der Waals surface area contributed by atoms with Crippen LogP contribution < -0.4 is 0 Å². The second-order valence-corrected chi connectivity index (χ2v) is 6.19. The summed E-state index contributed by atoms with van der Waals surface area (Å²) in [7, 11) is 1.25. The van der Waals surface area contributed by atoms with E-state index in [1.165, 1.54) is 21.0 Å². The fourth-order valence-electron chi connectivity index (χ4n) is 2.46. The second kappa shape index (κ2) is 6.08. The van der Waals surface area contributed by atoms with Crippen molar-refractivity contribution in [2.24, 2.45) is 11.3 Å². The van der Waals surface area contributed by atoms with Gasteiger partial charge in [-0.25, -0.2) is 0 Å². The van der Waals surface area contributed by atoms with Crippen LogP contribution in [0.4, 0.5) is 0 Å². The Labute approximate surface area is 133 Å². The number of hydrogen-bond acceptors (Lipinski definition) is 5. The number of ketones is 1. The van der Waals surface area contributed by atoms with Crippen LogP contribution >= 0.6 is 11.6 Å². The molecule has 0 saturated carbocycles. The first kappa shape index (κ1) is 16.5. The highest BCUT2D eigenvalue weighted by Gasteiger charge is 2.51. The van der Waals surface area contributed by atoms with Gasteiger partial charge >= 0.3 is 11.9 Å². The average Bonchev–Trinajstić information content (AvgIpc) is 2.49. The van der Waals surface area contributed by atoms with E-state index in [9.17, 15) is 14.4 Å². The number of hydrogen-bond donors (Lipinski definition) is 0. The molecule has 1 fully saturated rings. The molecule has 2 rings (SSSR count). The molecule has 6 heteroatoms. The fraction of sp³-hybridized carbons (Fsp3) is 0.438. The zero-order chi connectivity index (χ0) is 16.5. The lowest BCUT2D eigenvalue weighted by Crippen LogP contribution is -2.48. The van der Waals surface area contributed by atoms with Crippen molar-refractivity contribution in [3.05, 3.63) is 34.9 Å². The van der Waals surface area contributed by atoms with Gasteiger partial charge in [0.15, 0.2) is 5.78 Å². The number of benzene rings is 1.